The second-order valence-electron chi connectivity index (χ2n) is 5.41. The van der Waals surface area contributed by atoms with Crippen LogP contribution in [0.4, 0.5) is 0 Å². The smallest absolute Gasteiger partial charge is 0.231 e. The van der Waals surface area contributed by atoms with Crippen LogP contribution >= 0.6 is 0 Å². The van der Waals surface area contributed by atoms with Crippen molar-refractivity contribution in [3.8, 4) is 0 Å². The molecule has 0 radical (unpaired) electrons. The topological polar surface area (TPSA) is 58.4 Å². The first kappa shape index (κ1) is 14.0. The van der Waals surface area contributed by atoms with Crippen LogP contribution in [0.1, 0.15) is 25.3 Å². The highest BCUT2D eigenvalue weighted by molar-refractivity contribution is 5.84. The maximum absolute atomic E-state index is 12.6. The van der Waals surface area contributed by atoms with Crippen LogP contribution in [0.3, 0.4) is 0 Å². The number of benzene rings is 1. The van der Waals surface area contributed by atoms with Gasteiger partial charge in [0.05, 0.1) is 5.92 Å². The second kappa shape index (κ2) is 6.17. The Labute approximate surface area is 115 Å². The Morgan fingerprint density at radius 3 is 2.42 bits per heavy atom. The Bertz CT molecular complexity index is 411. The van der Waals surface area contributed by atoms with E-state index in [-0.39, 0.29) is 11.8 Å². The lowest BCUT2D eigenvalue weighted by Crippen LogP contribution is -2.57. The summed E-state index contributed by atoms with van der Waals surface area (Å²) >= 11 is 0. The predicted molar refractivity (Wildman–Crippen MR) is 76.9 cm³/mol. The van der Waals surface area contributed by atoms with E-state index >= 15 is 0 Å². The normalized spacial score (nSPS) is 25.1. The maximum Gasteiger partial charge on any atom is 0.231 e. The zero-order valence-electron chi connectivity index (χ0n) is 11.7. The molecule has 0 spiro atoms. The lowest BCUT2D eigenvalue weighted by Gasteiger charge is -2.37. The van der Waals surface area contributed by atoms with E-state index in [1.54, 1.807) is 0 Å². The average molecular weight is 261 g/mol. The summed E-state index contributed by atoms with van der Waals surface area (Å²) in [5, 5.41) is 3.44. The number of hydrogen-bond acceptors (Lipinski definition) is 3. The fourth-order valence-corrected chi connectivity index (χ4v) is 2.79. The molecule has 1 saturated heterocycles. The molecule has 0 saturated carbocycles. The van der Waals surface area contributed by atoms with Crippen LogP contribution in [-0.2, 0) is 4.79 Å². The Hall–Kier alpha value is -1.39. The van der Waals surface area contributed by atoms with Crippen molar-refractivity contribution in [2.24, 2.45) is 5.73 Å². The van der Waals surface area contributed by atoms with Gasteiger partial charge in [0.25, 0.3) is 0 Å². The second-order valence-corrected chi connectivity index (χ2v) is 5.41. The van der Waals surface area contributed by atoms with Gasteiger partial charge in [0.1, 0.15) is 0 Å². The summed E-state index contributed by atoms with van der Waals surface area (Å²) in [6.07, 6.45) is 0. The quantitative estimate of drug-likeness (QED) is 0.851. The van der Waals surface area contributed by atoms with Crippen molar-refractivity contribution in [2.45, 2.75) is 31.8 Å². The van der Waals surface area contributed by atoms with E-state index in [2.05, 4.69) is 19.2 Å². The minimum Gasteiger partial charge on any atom is -0.339 e. The molecule has 19 heavy (non-hydrogen) atoms. The summed E-state index contributed by atoms with van der Waals surface area (Å²) in [5.41, 5.74) is 6.83. The number of nitrogens with two attached hydrogens (primary N) is 1. The fraction of sp³-hybridized carbons (Fsp3) is 0.533. The van der Waals surface area contributed by atoms with Crippen LogP contribution in [0.25, 0.3) is 0 Å². The molecule has 3 atom stereocenters. The molecular formula is C15H23N3O. The van der Waals surface area contributed by atoms with Gasteiger partial charge in [-0.25, -0.2) is 0 Å². The molecule has 1 amide bonds. The van der Waals surface area contributed by atoms with Crippen molar-refractivity contribution in [1.29, 1.82) is 0 Å². The van der Waals surface area contributed by atoms with Crippen LogP contribution in [0.2, 0.25) is 0 Å². The van der Waals surface area contributed by atoms with Gasteiger partial charge in [0, 0.05) is 31.7 Å². The Balaban J connectivity index is 2.13. The molecule has 104 valence electrons. The molecule has 1 heterocycles. The average Bonchev–Trinajstić information content (AvgIpc) is 2.39. The van der Waals surface area contributed by atoms with Crippen molar-refractivity contribution < 1.29 is 4.79 Å². The van der Waals surface area contributed by atoms with Gasteiger partial charge < -0.3 is 16.0 Å². The summed E-state index contributed by atoms with van der Waals surface area (Å²) in [6, 6.07) is 10.5. The number of hydrogen-bond donors (Lipinski definition) is 2. The minimum absolute atomic E-state index is 0.147. The van der Waals surface area contributed by atoms with Gasteiger partial charge in [0.2, 0.25) is 5.91 Å². The van der Waals surface area contributed by atoms with Gasteiger partial charge in [-0.2, -0.15) is 0 Å². The predicted octanol–water partition coefficient (Wildman–Crippen LogP) is 0.938. The molecule has 1 fully saturated rings. The Morgan fingerprint density at radius 1 is 1.32 bits per heavy atom. The van der Waals surface area contributed by atoms with Crippen molar-refractivity contribution in [3.63, 3.8) is 0 Å². The van der Waals surface area contributed by atoms with E-state index in [1.807, 2.05) is 35.2 Å². The van der Waals surface area contributed by atoms with Gasteiger partial charge in [-0.15, -0.1) is 0 Å². The van der Waals surface area contributed by atoms with Crippen LogP contribution in [-0.4, -0.2) is 42.5 Å². The molecule has 0 unspecified atom stereocenters. The summed E-state index contributed by atoms with van der Waals surface area (Å²) < 4.78 is 0. The standard InChI is InChI=1S/C15H23N3O/c1-11-9-18(10-12(2)17-11)15(19)14(8-16)13-6-4-3-5-7-13/h3-7,11-12,14,17H,8-10,16H2,1-2H3/t11-,12-,14-/m1/s1. The highest BCUT2D eigenvalue weighted by Gasteiger charge is 2.29. The van der Waals surface area contributed by atoms with E-state index in [0.717, 1.165) is 18.7 Å². The molecular weight excluding hydrogens is 238 g/mol. The molecule has 4 nitrogen and oxygen atoms in total. The molecule has 0 aromatic heterocycles. The molecule has 1 aromatic rings. The summed E-state index contributed by atoms with van der Waals surface area (Å²) in [5.74, 6) is -0.0763. The van der Waals surface area contributed by atoms with Crippen LogP contribution in [0.15, 0.2) is 30.3 Å². The maximum atomic E-state index is 12.6. The van der Waals surface area contributed by atoms with Crippen LogP contribution < -0.4 is 11.1 Å². The highest BCUT2D eigenvalue weighted by Crippen LogP contribution is 2.19. The number of amides is 1. The third kappa shape index (κ3) is 3.33. The number of carbonyl (C=O) groups is 1. The molecule has 2 rings (SSSR count). The Kier molecular flexibility index (Phi) is 4.56. The number of nitrogens with zero attached hydrogens (tertiary/aromatic N) is 1. The molecule has 1 aliphatic rings. The monoisotopic (exact) mass is 261 g/mol. The van der Waals surface area contributed by atoms with Crippen molar-refractivity contribution >= 4 is 5.91 Å². The third-order valence-electron chi connectivity index (χ3n) is 3.60. The van der Waals surface area contributed by atoms with Crippen molar-refractivity contribution in [3.05, 3.63) is 35.9 Å². The first-order valence-corrected chi connectivity index (χ1v) is 6.91. The fourth-order valence-electron chi connectivity index (χ4n) is 2.79. The molecule has 4 heteroatoms. The number of nitrogens with one attached hydrogen (secondary N) is 1. The van der Waals surface area contributed by atoms with Gasteiger partial charge in [0.15, 0.2) is 0 Å². The molecule has 1 aliphatic heterocycles. The summed E-state index contributed by atoms with van der Waals surface area (Å²) in [6.45, 7) is 6.08. The van der Waals surface area contributed by atoms with Crippen LogP contribution in [0, 0.1) is 0 Å². The molecule has 0 bridgehead atoms. The first-order valence-electron chi connectivity index (χ1n) is 6.91. The lowest BCUT2D eigenvalue weighted by molar-refractivity contribution is -0.134. The van der Waals surface area contributed by atoms with E-state index in [1.165, 1.54) is 0 Å². The summed E-state index contributed by atoms with van der Waals surface area (Å²) in [4.78, 5) is 14.6. The largest absolute Gasteiger partial charge is 0.339 e. The van der Waals surface area contributed by atoms with E-state index in [9.17, 15) is 4.79 Å². The van der Waals surface area contributed by atoms with Crippen LogP contribution in [0.5, 0.6) is 0 Å². The zero-order valence-corrected chi connectivity index (χ0v) is 11.7. The first-order chi connectivity index (χ1) is 9.11. The number of carbonyl (C=O) groups excluding carboxylic acids is 1. The zero-order chi connectivity index (χ0) is 13.8. The highest BCUT2D eigenvalue weighted by atomic mass is 16.2. The molecule has 1 aromatic carbocycles. The SMILES string of the molecule is C[C@@H]1CN(C(=O)[C@H](CN)c2ccccc2)C[C@@H](C)N1. The van der Waals surface area contributed by atoms with Crippen molar-refractivity contribution in [2.75, 3.05) is 19.6 Å². The van der Waals surface area contributed by atoms with E-state index in [4.69, 9.17) is 5.73 Å². The molecule has 0 aliphatic carbocycles. The van der Waals surface area contributed by atoms with Gasteiger partial charge in [-0.3, -0.25) is 4.79 Å². The van der Waals surface area contributed by atoms with E-state index in [0.29, 0.717) is 18.6 Å². The number of rotatable bonds is 3. The number of piperazine rings is 1. The Morgan fingerprint density at radius 2 is 1.89 bits per heavy atom. The summed E-state index contributed by atoms with van der Waals surface area (Å²) in [7, 11) is 0. The van der Waals surface area contributed by atoms with E-state index < -0.39 is 0 Å². The van der Waals surface area contributed by atoms with Gasteiger partial charge in [-0.05, 0) is 19.4 Å². The third-order valence-corrected chi connectivity index (χ3v) is 3.60. The van der Waals surface area contributed by atoms with Gasteiger partial charge in [-0.1, -0.05) is 30.3 Å². The van der Waals surface area contributed by atoms with Gasteiger partial charge >= 0.3 is 0 Å². The lowest BCUT2D eigenvalue weighted by atomic mass is 9.96. The van der Waals surface area contributed by atoms with Crippen molar-refractivity contribution in [1.82, 2.24) is 10.2 Å². The molecule has 3 N–H and O–H groups in total. The minimum atomic E-state index is -0.223.